The summed E-state index contributed by atoms with van der Waals surface area (Å²) in [5.74, 6) is 0.389. The fraction of sp³-hybridized carbons (Fsp3) is 0.833. The topological polar surface area (TPSA) is 119 Å². The van der Waals surface area contributed by atoms with Crippen molar-refractivity contribution in [2.24, 2.45) is 40.2 Å². The van der Waals surface area contributed by atoms with Gasteiger partial charge in [-0.2, -0.15) is 0 Å². The number of carbonyl (C=O) groups excluding carboxylic acids is 2. The Labute approximate surface area is 183 Å². The van der Waals surface area contributed by atoms with E-state index in [2.05, 4.69) is 6.92 Å². The molecule has 31 heavy (non-hydrogen) atoms. The SMILES string of the molecule is C[C@]12CC[C@H](OC(N)=O)C[C@H]1CC[C@@H]1[C@@H]2C[C@@H](O)[C@]2(C)[C@@H](C3=CC(=O)OC3)CC[C@]12O. The summed E-state index contributed by atoms with van der Waals surface area (Å²) in [5, 5.41) is 23.7. The highest BCUT2D eigenvalue weighted by molar-refractivity contribution is 5.85. The van der Waals surface area contributed by atoms with Crippen molar-refractivity contribution in [2.75, 3.05) is 6.61 Å². The van der Waals surface area contributed by atoms with E-state index in [4.69, 9.17) is 15.2 Å². The van der Waals surface area contributed by atoms with E-state index in [0.717, 1.165) is 44.1 Å². The molecule has 4 N–H and O–H groups in total. The molecule has 7 heteroatoms. The first-order valence-corrected chi connectivity index (χ1v) is 11.8. The van der Waals surface area contributed by atoms with Gasteiger partial charge >= 0.3 is 12.1 Å². The van der Waals surface area contributed by atoms with E-state index >= 15 is 0 Å². The molecule has 4 aliphatic carbocycles. The normalized spacial score (nSPS) is 51.2. The van der Waals surface area contributed by atoms with E-state index in [1.54, 1.807) is 6.08 Å². The van der Waals surface area contributed by atoms with Gasteiger partial charge in [0, 0.05) is 11.5 Å². The summed E-state index contributed by atoms with van der Waals surface area (Å²) in [6.45, 7) is 4.62. The number of ether oxygens (including phenoxy) is 2. The minimum absolute atomic E-state index is 0.00224. The van der Waals surface area contributed by atoms with Gasteiger partial charge in [0.05, 0.1) is 11.7 Å². The van der Waals surface area contributed by atoms with E-state index < -0.39 is 23.2 Å². The third kappa shape index (κ3) is 2.85. The summed E-state index contributed by atoms with van der Waals surface area (Å²) in [4.78, 5) is 22.9. The Bertz CT molecular complexity index is 827. The van der Waals surface area contributed by atoms with Crippen LogP contribution in [0.25, 0.3) is 0 Å². The number of fused-ring (bicyclic) bond motifs is 5. The van der Waals surface area contributed by atoms with Crippen molar-refractivity contribution < 1.29 is 29.3 Å². The molecule has 1 amide bonds. The molecule has 0 spiro atoms. The van der Waals surface area contributed by atoms with Crippen LogP contribution in [0.15, 0.2) is 11.6 Å². The van der Waals surface area contributed by atoms with Crippen LogP contribution in [-0.2, 0) is 14.3 Å². The highest BCUT2D eigenvalue weighted by atomic mass is 16.6. The minimum atomic E-state index is -0.957. The summed E-state index contributed by atoms with van der Waals surface area (Å²) < 4.78 is 10.5. The molecule has 0 radical (unpaired) electrons. The quantitative estimate of drug-likeness (QED) is 0.576. The van der Waals surface area contributed by atoms with E-state index in [1.165, 1.54) is 0 Å². The lowest BCUT2D eigenvalue weighted by molar-refractivity contribution is -0.244. The zero-order valence-electron chi connectivity index (χ0n) is 18.5. The molecule has 5 aliphatic rings. The van der Waals surface area contributed by atoms with Crippen LogP contribution < -0.4 is 5.73 Å². The van der Waals surface area contributed by atoms with Crippen molar-refractivity contribution in [3.8, 4) is 0 Å². The Morgan fingerprint density at radius 1 is 1.16 bits per heavy atom. The van der Waals surface area contributed by atoms with Gasteiger partial charge in [0.25, 0.3) is 0 Å². The summed E-state index contributed by atoms with van der Waals surface area (Å²) in [7, 11) is 0. The molecule has 0 saturated heterocycles. The van der Waals surface area contributed by atoms with Gasteiger partial charge < -0.3 is 25.4 Å². The second-order valence-electron chi connectivity index (χ2n) is 11.2. The number of rotatable bonds is 2. The third-order valence-electron chi connectivity index (χ3n) is 10.3. The smallest absolute Gasteiger partial charge is 0.404 e. The Kier molecular flexibility index (Phi) is 4.76. The molecule has 7 nitrogen and oxygen atoms in total. The molecule has 0 bridgehead atoms. The number of aliphatic hydroxyl groups excluding tert-OH is 1. The number of nitrogens with two attached hydrogens (primary N) is 1. The molecule has 1 heterocycles. The fourth-order valence-corrected chi connectivity index (χ4v) is 8.62. The van der Waals surface area contributed by atoms with Crippen LogP contribution in [-0.4, -0.2) is 46.7 Å². The molecule has 1 aliphatic heterocycles. The Morgan fingerprint density at radius 3 is 2.61 bits per heavy atom. The first-order valence-electron chi connectivity index (χ1n) is 11.8. The highest BCUT2D eigenvalue weighted by Crippen LogP contribution is 2.69. The summed E-state index contributed by atoms with van der Waals surface area (Å²) in [6.07, 6.45) is 6.56. The Morgan fingerprint density at radius 2 is 1.94 bits per heavy atom. The molecular weight excluding hydrogens is 398 g/mol. The molecular formula is C24H35NO6. The molecule has 4 fully saturated rings. The highest BCUT2D eigenvalue weighted by Gasteiger charge is 2.70. The zero-order valence-corrected chi connectivity index (χ0v) is 18.5. The van der Waals surface area contributed by atoms with Gasteiger partial charge in [-0.25, -0.2) is 9.59 Å². The van der Waals surface area contributed by atoms with Crippen LogP contribution in [0.4, 0.5) is 4.79 Å². The number of cyclic esters (lactones) is 1. The largest absolute Gasteiger partial charge is 0.458 e. The lowest BCUT2D eigenvalue weighted by atomic mass is 9.42. The van der Waals surface area contributed by atoms with E-state index in [1.807, 2.05) is 6.92 Å². The molecule has 0 aromatic heterocycles. The van der Waals surface area contributed by atoms with Crippen molar-refractivity contribution in [3.63, 3.8) is 0 Å². The van der Waals surface area contributed by atoms with E-state index in [-0.39, 0.29) is 41.8 Å². The maximum absolute atomic E-state index is 12.2. The lowest BCUT2D eigenvalue weighted by Gasteiger charge is -2.65. The maximum atomic E-state index is 12.2. The Balaban J connectivity index is 1.44. The van der Waals surface area contributed by atoms with E-state index in [0.29, 0.717) is 18.8 Å². The summed E-state index contributed by atoms with van der Waals surface area (Å²) in [6, 6.07) is 0. The second-order valence-corrected chi connectivity index (χ2v) is 11.2. The van der Waals surface area contributed by atoms with Crippen LogP contribution in [0.2, 0.25) is 0 Å². The number of hydrogen-bond donors (Lipinski definition) is 3. The average molecular weight is 434 g/mol. The van der Waals surface area contributed by atoms with Gasteiger partial charge in [-0.15, -0.1) is 0 Å². The van der Waals surface area contributed by atoms with Gasteiger partial charge in [0.15, 0.2) is 0 Å². The van der Waals surface area contributed by atoms with Crippen LogP contribution in [0.1, 0.15) is 65.2 Å². The van der Waals surface area contributed by atoms with Crippen LogP contribution in [0.5, 0.6) is 0 Å². The van der Waals surface area contributed by atoms with Gasteiger partial charge in [-0.1, -0.05) is 13.8 Å². The monoisotopic (exact) mass is 433 g/mol. The standard InChI is InChI=1S/C24H35NO6/c1-22-7-5-15(31-21(25)28)10-14(22)3-4-17-18(22)11-19(26)23(2)16(6-8-24(17,23)29)13-9-20(27)30-12-13/h9,14-19,26,29H,3-8,10-12H2,1-2H3,(H2,25,28)/t14-,15+,16-,17-,18+,19-,22+,23+,24+/m1/s1. The van der Waals surface area contributed by atoms with Crippen molar-refractivity contribution in [1.29, 1.82) is 0 Å². The lowest BCUT2D eigenvalue weighted by Crippen LogP contribution is -2.67. The molecule has 5 rings (SSSR count). The summed E-state index contributed by atoms with van der Waals surface area (Å²) in [5.41, 5.74) is 4.54. The van der Waals surface area contributed by atoms with Gasteiger partial charge in [0.1, 0.15) is 12.7 Å². The van der Waals surface area contributed by atoms with Crippen molar-refractivity contribution >= 4 is 12.1 Å². The first-order chi connectivity index (χ1) is 14.6. The van der Waals surface area contributed by atoms with Gasteiger partial charge in [-0.3, -0.25) is 0 Å². The predicted octanol–water partition coefficient (Wildman–Crippen LogP) is 2.68. The number of aliphatic hydroxyl groups is 2. The van der Waals surface area contributed by atoms with Crippen molar-refractivity contribution in [2.45, 2.75) is 83.0 Å². The van der Waals surface area contributed by atoms with Gasteiger partial charge in [-0.05, 0) is 86.0 Å². The molecule has 0 aromatic rings. The third-order valence-corrected chi connectivity index (χ3v) is 10.3. The summed E-state index contributed by atoms with van der Waals surface area (Å²) >= 11 is 0. The van der Waals surface area contributed by atoms with Crippen molar-refractivity contribution in [1.82, 2.24) is 0 Å². The molecule has 4 saturated carbocycles. The molecule has 0 aromatic carbocycles. The number of primary amides is 1. The minimum Gasteiger partial charge on any atom is -0.458 e. The predicted molar refractivity (Wildman–Crippen MR) is 112 cm³/mol. The number of esters is 1. The average Bonchev–Trinajstić information content (AvgIpc) is 3.24. The number of carbonyl (C=O) groups is 2. The fourth-order valence-electron chi connectivity index (χ4n) is 8.62. The maximum Gasteiger partial charge on any atom is 0.404 e. The van der Waals surface area contributed by atoms with Crippen LogP contribution in [0.3, 0.4) is 0 Å². The van der Waals surface area contributed by atoms with Gasteiger partial charge in [0.2, 0.25) is 0 Å². The van der Waals surface area contributed by atoms with E-state index in [9.17, 15) is 19.8 Å². The Hall–Kier alpha value is -1.60. The zero-order chi connectivity index (χ0) is 22.2. The first kappa shape index (κ1) is 21.3. The van der Waals surface area contributed by atoms with Crippen LogP contribution in [0, 0.1) is 34.5 Å². The molecule has 0 unspecified atom stereocenters. The number of amides is 1. The molecule has 9 atom stereocenters. The van der Waals surface area contributed by atoms with Crippen LogP contribution >= 0.6 is 0 Å². The molecule has 172 valence electrons. The van der Waals surface area contributed by atoms with Crippen molar-refractivity contribution in [3.05, 3.63) is 11.6 Å². The second kappa shape index (κ2) is 6.95. The number of hydrogen-bond acceptors (Lipinski definition) is 6.